The molecule has 0 aromatic rings. The van der Waals surface area contributed by atoms with Crippen molar-refractivity contribution in [2.24, 2.45) is 5.41 Å². The van der Waals surface area contributed by atoms with Crippen LogP contribution in [0, 0.1) is 5.41 Å². The highest BCUT2D eigenvalue weighted by molar-refractivity contribution is 5.86. The van der Waals surface area contributed by atoms with E-state index in [1.165, 1.54) is 0 Å². The molecule has 4 nitrogen and oxygen atoms in total. The van der Waals surface area contributed by atoms with E-state index in [1.54, 1.807) is 21.1 Å². The summed E-state index contributed by atoms with van der Waals surface area (Å²) in [5, 5.41) is 0. The van der Waals surface area contributed by atoms with E-state index in [0.29, 0.717) is 18.8 Å². The van der Waals surface area contributed by atoms with Crippen LogP contribution in [0.5, 0.6) is 0 Å². The Hall–Kier alpha value is -0.870. The van der Waals surface area contributed by atoms with Gasteiger partial charge in [-0.2, -0.15) is 0 Å². The third-order valence-electron chi connectivity index (χ3n) is 1.89. The van der Waals surface area contributed by atoms with E-state index in [0.717, 1.165) is 0 Å². The highest BCUT2D eigenvalue weighted by Crippen LogP contribution is 2.18. The number of carbonyl (C=O) groups is 1. The molecule has 0 aromatic heterocycles. The van der Waals surface area contributed by atoms with Gasteiger partial charge in [0.2, 0.25) is 0 Å². The molecule has 0 aliphatic heterocycles. The second kappa shape index (κ2) is 6.58. The Morgan fingerprint density at radius 2 is 1.67 bits per heavy atom. The highest BCUT2D eigenvalue weighted by atomic mass is 16.5. The van der Waals surface area contributed by atoms with Crippen LogP contribution in [0.15, 0.2) is 12.2 Å². The van der Waals surface area contributed by atoms with Crippen molar-refractivity contribution >= 4 is 5.97 Å². The van der Waals surface area contributed by atoms with Gasteiger partial charge >= 0.3 is 5.97 Å². The maximum absolute atomic E-state index is 11.2. The molecule has 0 rings (SSSR count). The van der Waals surface area contributed by atoms with Gasteiger partial charge in [-0.15, -0.1) is 0 Å². The molecule has 0 saturated heterocycles. The summed E-state index contributed by atoms with van der Waals surface area (Å²) in [6.45, 7) is 8.28. The van der Waals surface area contributed by atoms with Crippen LogP contribution in [-0.4, -0.2) is 40.0 Å². The summed E-state index contributed by atoms with van der Waals surface area (Å²) < 4.78 is 15.2. The molecule has 0 N–H and O–H groups in total. The molecule has 0 fully saturated rings. The molecular formula is C11H20O4. The summed E-state index contributed by atoms with van der Waals surface area (Å²) >= 11 is 0. The molecule has 0 saturated carbocycles. The molecule has 4 heteroatoms. The number of hydrogen-bond acceptors (Lipinski definition) is 4. The zero-order chi connectivity index (χ0) is 11.9. The second-order valence-corrected chi connectivity index (χ2v) is 4.03. The van der Waals surface area contributed by atoms with Gasteiger partial charge in [0.05, 0.1) is 13.2 Å². The topological polar surface area (TPSA) is 44.8 Å². The summed E-state index contributed by atoms with van der Waals surface area (Å²) in [6, 6.07) is 0. The minimum absolute atomic E-state index is 0.264. The molecule has 88 valence electrons. The van der Waals surface area contributed by atoms with E-state index in [4.69, 9.17) is 14.2 Å². The fourth-order valence-corrected chi connectivity index (χ4v) is 1.18. The molecule has 15 heavy (non-hydrogen) atoms. The van der Waals surface area contributed by atoms with Crippen LogP contribution in [0.1, 0.15) is 13.8 Å². The van der Waals surface area contributed by atoms with Gasteiger partial charge in [0, 0.05) is 25.2 Å². The third kappa shape index (κ3) is 5.54. The molecule has 0 heterocycles. The monoisotopic (exact) mass is 216 g/mol. The molecule has 0 aromatic carbocycles. The average molecular weight is 216 g/mol. The van der Waals surface area contributed by atoms with Crippen LogP contribution in [0.3, 0.4) is 0 Å². The van der Waals surface area contributed by atoms with E-state index < -0.39 is 0 Å². The Kier molecular flexibility index (Phi) is 6.20. The maximum Gasteiger partial charge on any atom is 0.333 e. The zero-order valence-corrected chi connectivity index (χ0v) is 9.96. The fourth-order valence-electron chi connectivity index (χ4n) is 1.18. The molecule has 0 atom stereocenters. The first-order valence-electron chi connectivity index (χ1n) is 4.75. The number of carbonyl (C=O) groups excluding carboxylic acids is 1. The van der Waals surface area contributed by atoms with Crippen molar-refractivity contribution < 1.29 is 19.0 Å². The van der Waals surface area contributed by atoms with Crippen LogP contribution in [0.4, 0.5) is 0 Å². The highest BCUT2D eigenvalue weighted by Gasteiger charge is 2.26. The lowest BCUT2D eigenvalue weighted by molar-refractivity contribution is -0.145. The van der Waals surface area contributed by atoms with Gasteiger partial charge in [0.25, 0.3) is 0 Å². The lowest BCUT2D eigenvalue weighted by Gasteiger charge is -2.27. The fraction of sp³-hybridized carbons (Fsp3) is 0.727. The Morgan fingerprint density at radius 3 is 2.00 bits per heavy atom. The van der Waals surface area contributed by atoms with Crippen molar-refractivity contribution in [2.45, 2.75) is 13.8 Å². The van der Waals surface area contributed by atoms with Crippen molar-refractivity contribution in [1.82, 2.24) is 0 Å². The summed E-state index contributed by atoms with van der Waals surface area (Å²) in [7, 11) is 3.21. The van der Waals surface area contributed by atoms with E-state index in [-0.39, 0.29) is 18.0 Å². The average Bonchev–Trinajstić information content (AvgIpc) is 2.15. The Bertz CT molecular complexity index is 217. The maximum atomic E-state index is 11.2. The minimum atomic E-state index is -0.381. The summed E-state index contributed by atoms with van der Waals surface area (Å²) in [6.07, 6.45) is 0. The smallest absolute Gasteiger partial charge is 0.333 e. The zero-order valence-electron chi connectivity index (χ0n) is 9.96. The molecule has 0 amide bonds. The molecule has 0 aliphatic carbocycles. The van der Waals surface area contributed by atoms with E-state index >= 15 is 0 Å². The first kappa shape index (κ1) is 14.1. The standard InChI is InChI=1S/C11H20O4/c1-9(2)10(12)15-8-11(3,6-13-4)7-14-5/h1,6-8H2,2-5H3. The Balaban J connectivity index is 4.17. The van der Waals surface area contributed by atoms with Crippen molar-refractivity contribution in [2.75, 3.05) is 34.0 Å². The summed E-state index contributed by atoms with van der Waals surface area (Å²) in [5.74, 6) is -0.381. The van der Waals surface area contributed by atoms with Gasteiger partial charge in [0.1, 0.15) is 6.61 Å². The quantitative estimate of drug-likeness (QED) is 0.476. The predicted octanol–water partition coefficient (Wildman–Crippen LogP) is 1.40. The molecule has 0 unspecified atom stereocenters. The van der Waals surface area contributed by atoms with Gasteiger partial charge in [-0.3, -0.25) is 0 Å². The molecule has 0 spiro atoms. The predicted molar refractivity (Wildman–Crippen MR) is 57.6 cm³/mol. The van der Waals surface area contributed by atoms with Crippen LogP contribution in [0.2, 0.25) is 0 Å². The molecular weight excluding hydrogens is 196 g/mol. The van der Waals surface area contributed by atoms with Crippen LogP contribution < -0.4 is 0 Å². The van der Waals surface area contributed by atoms with E-state index in [1.807, 2.05) is 6.92 Å². The summed E-state index contributed by atoms with van der Waals surface area (Å²) in [5.41, 5.74) is 0.0846. The van der Waals surface area contributed by atoms with Crippen LogP contribution in [-0.2, 0) is 19.0 Å². The number of methoxy groups -OCH3 is 2. The first-order valence-corrected chi connectivity index (χ1v) is 4.75. The van der Waals surface area contributed by atoms with Crippen molar-refractivity contribution in [1.29, 1.82) is 0 Å². The third-order valence-corrected chi connectivity index (χ3v) is 1.89. The van der Waals surface area contributed by atoms with Crippen molar-refractivity contribution in [3.05, 3.63) is 12.2 Å². The van der Waals surface area contributed by atoms with Gasteiger partial charge in [-0.1, -0.05) is 13.5 Å². The first-order chi connectivity index (χ1) is 6.95. The number of rotatable bonds is 7. The van der Waals surface area contributed by atoms with Gasteiger partial charge < -0.3 is 14.2 Å². The summed E-state index contributed by atoms with van der Waals surface area (Å²) in [4.78, 5) is 11.2. The van der Waals surface area contributed by atoms with E-state index in [2.05, 4.69) is 6.58 Å². The van der Waals surface area contributed by atoms with Crippen molar-refractivity contribution in [3.8, 4) is 0 Å². The Morgan fingerprint density at radius 1 is 1.20 bits per heavy atom. The van der Waals surface area contributed by atoms with Crippen molar-refractivity contribution in [3.63, 3.8) is 0 Å². The van der Waals surface area contributed by atoms with Gasteiger partial charge in [-0.25, -0.2) is 4.79 Å². The molecule has 0 bridgehead atoms. The van der Waals surface area contributed by atoms with Crippen LogP contribution >= 0.6 is 0 Å². The van der Waals surface area contributed by atoms with E-state index in [9.17, 15) is 4.79 Å². The Labute approximate surface area is 91.2 Å². The normalized spacial score (nSPS) is 11.2. The number of hydrogen-bond donors (Lipinski definition) is 0. The number of ether oxygens (including phenoxy) is 3. The number of esters is 1. The van der Waals surface area contributed by atoms with Gasteiger partial charge in [0.15, 0.2) is 0 Å². The molecule has 0 radical (unpaired) electrons. The largest absolute Gasteiger partial charge is 0.462 e. The van der Waals surface area contributed by atoms with Gasteiger partial charge in [-0.05, 0) is 6.92 Å². The minimum Gasteiger partial charge on any atom is -0.462 e. The SMILES string of the molecule is C=C(C)C(=O)OCC(C)(COC)COC. The lowest BCUT2D eigenvalue weighted by atomic mass is 9.94. The molecule has 0 aliphatic rings. The second-order valence-electron chi connectivity index (χ2n) is 4.03. The van der Waals surface area contributed by atoms with Crippen LogP contribution in [0.25, 0.3) is 0 Å². The lowest BCUT2D eigenvalue weighted by Crippen LogP contribution is -2.34.